The Balaban J connectivity index is 2.19. The van der Waals surface area contributed by atoms with Crippen LogP contribution >= 0.6 is 0 Å². The van der Waals surface area contributed by atoms with Crippen LogP contribution in [0.15, 0.2) is 30.3 Å². The number of ether oxygens (including phenoxy) is 1. The number of aromatic nitrogens is 1. The summed E-state index contributed by atoms with van der Waals surface area (Å²) >= 11 is 0. The van der Waals surface area contributed by atoms with Crippen LogP contribution in [-0.4, -0.2) is 37.0 Å². The quantitative estimate of drug-likeness (QED) is 0.875. The van der Waals surface area contributed by atoms with Crippen molar-refractivity contribution in [2.45, 2.75) is 26.4 Å². The predicted molar refractivity (Wildman–Crippen MR) is 94.9 cm³/mol. The Kier molecular flexibility index (Phi) is 6.09. The van der Waals surface area contributed by atoms with Crippen molar-refractivity contribution in [3.8, 4) is 5.88 Å². The van der Waals surface area contributed by atoms with Gasteiger partial charge in [-0.2, -0.15) is 0 Å². The van der Waals surface area contributed by atoms with E-state index in [1.165, 1.54) is 12.1 Å². The second-order valence-corrected chi connectivity index (χ2v) is 6.20. The number of hydrogen-bond acceptors (Lipinski definition) is 4. The number of pyridine rings is 1. The lowest BCUT2D eigenvalue weighted by Gasteiger charge is -2.24. The number of methoxy groups -OCH3 is 1. The fraction of sp³-hybridized carbons (Fsp3) is 0.368. The fourth-order valence-electron chi connectivity index (χ4n) is 2.81. The largest absolute Gasteiger partial charge is 0.481 e. The minimum atomic E-state index is -0.509. The Morgan fingerprint density at radius 1 is 1.28 bits per heavy atom. The standard InChI is InChI=1S/C19H24FN3O2/c1-12-10-13(2)22-19(25-5)16(12)11-21-18(24)17(23(3)4)14-6-8-15(20)9-7-14/h6-10,17H,11H2,1-5H3,(H,21,24)/t17-/m0/s1. The van der Waals surface area contributed by atoms with Crippen LogP contribution in [-0.2, 0) is 11.3 Å². The van der Waals surface area contributed by atoms with Crippen molar-refractivity contribution in [2.24, 2.45) is 0 Å². The molecule has 2 aromatic rings. The molecular weight excluding hydrogens is 321 g/mol. The molecule has 0 unspecified atom stereocenters. The number of carbonyl (C=O) groups is 1. The van der Waals surface area contributed by atoms with Crippen LogP contribution in [0.1, 0.15) is 28.4 Å². The Bertz CT molecular complexity index is 745. The van der Waals surface area contributed by atoms with Gasteiger partial charge in [-0.3, -0.25) is 9.69 Å². The minimum Gasteiger partial charge on any atom is -0.481 e. The topological polar surface area (TPSA) is 54.5 Å². The van der Waals surface area contributed by atoms with E-state index in [1.54, 1.807) is 24.1 Å². The highest BCUT2D eigenvalue weighted by Gasteiger charge is 2.23. The van der Waals surface area contributed by atoms with Crippen LogP contribution in [0.4, 0.5) is 4.39 Å². The zero-order valence-electron chi connectivity index (χ0n) is 15.3. The highest BCUT2D eigenvalue weighted by atomic mass is 19.1. The van der Waals surface area contributed by atoms with Gasteiger partial charge in [0.1, 0.15) is 11.9 Å². The maximum atomic E-state index is 13.1. The average Bonchev–Trinajstić information content (AvgIpc) is 2.55. The first-order valence-electron chi connectivity index (χ1n) is 8.04. The van der Waals surface area contributed by atoms with Crippen LogP contribution in [0.5, 0.6) is 5.88 Å². The lowest BCUT2D eigenvalue weighted by molar-refractivity contribution is -0.125. The summed E-state index contributed by atoms with van der Waals surface area (Å²) in [6.45, 7) is 4.17. The molecule has 2 rings (SSSR count). The molecule has 134 valence electrons. The number of likely N-dealkylation sites (N-methyl/N-ethyl adjacent to an activating group) is 1. The van der Waals surface area contributed by atoms with Crippen LogP contribution in [0.2, 0.25) is 0 Å². The number of rotatable bonds is 6. The maximum absolute atomic E-state index is 13.1. The predicted octanol–water partition coefficient (Wildman–Crippen LogP) is 2.77. The number of nitrogens with one attached hydrogen (secondary N) is 1. The molecule has 0 aliphatic heterocycles. The van der Waals surface area contributed by atoms with Gasteiger partial charge in [0, 0.05) is 17.8 Å². The van der Waals surface area contributed by atoms with Crippen molar-refractivity contribution in [1.82, 2.24) is 15.2 Å². The third-order valence-electron chi connectivity index (χ3n) is 4.02. The Hall–Kier alpha value is -2.47. The van der Waals surface area contributed by atoms with Gasteiger partial charge in [-0.25, -0.2) is 9.37 Å². The van der Waals surface area contributed by atoms with Crippen molar-refractivity contribution in [3.63, 3.8) is 0 Å². The smallest absolute Gasteiger partial charge is 0.242 e. The normalized spacial score (nSPS) is 12.1. The summed E-state index contributed by atoms with van der Waals surface area (Å²) in [6.07, 6.45) is 0. The van der Waals surface area contributed by atoms with Crippen molar-refractivity contribution in [3.05, 3.63) is 58.5 Å². The van der Waals surface area contributed by atoms with E-state index >= 15 is 0 Å². The van der Waals surface area contributed by atoms with E-state index in [2.05, 4.69) is 10.3 Å². The molecule has 0 saturated carbocycles. The zero-order valence-corrected chi connectivity index (χ0v) is 15.3. The van der Waals surface area contributed by atoms with Crippen molar-refractivity contribution in [1.29, 1.82) is 0 Å². The third-order valence-corrected chi connectivity index (χ3v) is 4.02. The molecule has 1 aromatic carbocycles. The molecule has 6 heteroatoms. The summed E-state index contributed by atoms with van der Waals surface area (Å²) in [5.74, 6) is 0.0207. The molecule has 1 aromatic heterocycles. The first-order valence-corrected chi connectivity index (χ1v) is 8.04. The third kappa shape index (κ3) is 4.54. The average molecular weight is 345 g/mol. The SMILES string of the molecule is COc1nc(C)cc(C)c1CNC(=O)[C@H](c1ccc(F)cc1)N(C)C. The van der Waals surface area contributed by atoms with E-state index in [0.717, 1.165) is 22.4 Å². The molecular formula is C19H24FN3O2. The summed E-state index contributed by atoms with van der Waals surface area (Å²) in [4.78, 5) is 18.9. The molecule has 0 aliphatic carbocycles. The summed E-state index contributed by atoms with van der Waals surface area (Å²) < 4.78 is 18.5. The molecule has 1 amide bonds. The number of benzene rings is 1. The highest BCUT2D eigenvalue weighted by Crippen LogP contribution is 2.22. The molecule has 0 saturated heterocycles. The monoisotopic (exact) mass is 345 g/mol. The van der Waals surface area contributed by atoms with Gasteiger partial charge in [-0.15, -0.1) is 0 Å². The molecule has 1 N–H and O–H groups in total. The lowest BCUT2D eigenvalue weighted by Crippen LogP contribution is -2.37. The molecule has 0 radical (unpaired) electrons. The number of amides is 1. The van der Waals surface area contributed by atoms with E-state index < -0.39 is 6.04 Å². The van der Waals surface area contributed by atoms with Gasteiger partial charge in [-0.1, -0.05) is 12.1 Å². The number of nitrogens with zero attached hydrogens (tertiary/aromatic N) is 2. The van der Waals surface area contributed by atoms with Crippen LogP contribution < -0.4 is 10.1 Å². The number of carbonyl (C=O) groups excluding carboxylic acids is 1. The molecule has 1 heterocycles. The Morgan fingerprint density at radius 2 is 1.92 bits per heavy atom. The molecule has 0 bridgehead atoms. The van der Waals surface area contributed by atoms with Crippen molar-refractivity contribution < 1.29 is 13.9 Å². The maximum Gasteiger partial charge on any atom is 0.242 e. The molecule has 1 atom stereocenters. The molecule has 0 fully saturated rings. The van der Waals surface area contributed by atoms with Gasteiger partial charge in [0.2, 0.25) is 11.8 Å². The van der Waals surface area contributed by atoms with Crippen LogP contribution in [0, 0.1) is 19.7 Å². The van der Waals surface area contributed by atoms with Crippen LogP contribution in [0.3, 0.4) is 0 Å². The molecule has 0 aliphatic rings. The second kappa shape index (κ2) is 8.07. The summed E-state index contributed by atoms with van der Waals surface area (Å²) in [7, 11) is 5.19. The highest BCUT2D eigenvalue weighted by molar-refractivity contribution is 5.83. The molecule has 25 heavy (non-hydrogen) atoms. The fourth-order valence-corrected chi connectivity index (χ4v) is 2.81. The summed E-state index contributed by atoms with van der Waals surface area (Å²) in [5, 5.41) is 2.93. The van der Waals surface area contributed by atoms with Crippen molar-refractivity contribution >= 4 is 5.91 Å². The second-order valence-electron chi connectivity index (χ2n) is 6.20. The van der Waals surface area contributed by atoms with Gasteiger partial charge in [-0.05, 0) is 57.3 Å². The number of halogens is 1. The van der Waals surface area contributed by atoms with Gasteiger partial charge >= 0.3 is 0 Å². The minimum absolute atomic E-state index is 0.168. The zero-order chi connectivity index (χ0) is 18.6. The summed E-state index contributed by atoms with van der Waals surface area (Å²) in [6, 6.07) is 7.41. The first-order chi connectivity index (χ1) is 11.8. The Labute approximate surface area is 147 Å². The summed E-state index contributed by atoms with van der Waals surface area (Å²) in [5.41, 5.74) is 3.45. The van der Waals surface area contributed by atoms with Crippen LogP contribution in [0.25, 0.3) is 0 Å². The Morgan fingerprint density at radius 3 is 2.48 bits per heavy atom. The molecule has 0 spiro atoms. The van der Waals surface area contributed by atoms with E-state index in [0.29, 0.717) is 12.4 Å². The van der Waals surface area contributed by atoms with Gasteiger partial charge in [0.05, 0.1) is 7.11 Å². The van der Waals surface area contributed by atoms with E-state index in [-0.39, 0.29) is 11.7 Å². The van der Waals surface area contributed by atoms with E-state index in [4.69, 9.17) is 4.74 Å². The first kappa shape index (κ1) is 18.9. The number of hydrogen-bond donors (Lipinski definition) is 1. The van der Waals surface area contributed by atoms with E-state index in [9.17, 15) is 9.18 Å². The van der Waals surface area contributed by atoms with Crippen molar-refractivity contribution in [2.75, 3.05) is 21.2 Å². The van der Waals surface area contributed by atoms with Gasteiger partial charge in [0.15, 0.2) is 0 Å². The lowest BCUT2D eigenvalue weighted by atomic mass is 10.0. The van der Waals surface area contributed by atoms with Gasteiger partial charge < -0.3 is 10.1 Å². The number of aryl methyl sites for hydroxylation is 2. The molecule has 5 nitrogen and oxygen atoms in total. The van der Waals surface area contributed by atoms with Gasteiger partial charge in [0.25, 0.3) is 0 Å². The van der Waals surface area contributed by atoms with E-state index in [1.807, 2.05) is 34.0 Å².